The molecule has 1 heterocycles. The SMILES string of the molecule is CC[C@@]1(c2ccccc2)NC(=O)N(CC(C)=O)C1=O. The molecule has 0 unspecified atom stereocenters. The Hall–Kier alpha value is -2.17. The van der Waals surface area contributed by atoms with Gasteiger partial charge in [-0.3, -0.25) is 14.5 Å². The molecular formula is C14H16N2O3. The van der Waals surface area contributed by atoms with Crippen LogP contribution in [0.15, 0.2) is 30.3 Å². The number of ketones is 1. The van der Waals surface area contributed by atoms with E-state index in [1.807, 2.05) is 25.1 Å². The van der Waals surface area contributed by atoms with Gasteiger partial charge in [0.05, 0.1) is 6.54 Å². The molecule has 1 saturated heterocycles. The van der Waals surface area contributed by atoms with Crippen LogP contribution in [0.4, 0.5) is 4.79 Å². The zero-order valence-corrected chi connectivity index (χ0v) is 11.0. The van der Waals surface area contributed by atoms with Crippen molar-refractivity contribution in [2.24, 2.45) is 0 Å². The maximum atomic E-state index is 12.5. The lowest BCUT2D eigenvalue weighted by Gasteiger charge is -2.25. The van der Waals surface area contributed by atoms with E-state index >= 15 is 0 Å². The van der Waals surface area contributed by atoms with Crippen LogP contribution in [0.1, 0.15) is 25.8 Å². The number of benzene rings is 1. The summed E-state index contributed by atoms with van der Waals surface area (Å²) in [5.74, 6) is -0.579. The third-order valence-corrected chi connectivity index (χ3v) is 3.35. The minimum Gasteiger partial charge on any atom is -0.319 e. The number of carbonyl (C=O) groups is 3. The fraction of sp³-hybridized carbons (Fsp3) is 0.357. The summed E-state index contributed by atoms with van der Waals surface area (Å²) >= 11 is 0. The monoisotopic (exact) mass is 260 g/mol. The summed E-state index contributed by atoms with van der Waals surface area (Å²) in [4.78, 5) is 36.5. The number of Topliss-reactive ketones (excluding diaryl/α,β-unsaturated/α-hetero) is 1. The topological polar surface area (TPSA) is 66.5 Å². The molecular weight excluding hydrogens is 244 g/mol. The fourth-order valence-electron chi connectivity index (χ4n) is 2.35. The number of imide groups is 1. The highest BCUT2D eigenvalue weighted by molar-refractivity contribution is 6.09. The summed E-state index contributed by atoms with van der Waals surface area (Å²) in [5.41, 5.74) is -0.310. The molecule has 0 radical (unpaired) electrons. The average molecular weight is 260 g/mol. The van der Waals surface area contributed by atoms with Crippen molar-refractivity contribution in [1.29, 1.82) is 0 Å². The summed E-state index contributed by atoms with van der Waals surface area (Å²) in [7, 11) is 0. The van der Waals surface area contributed by atoms with Crippen LogP contribution in [-0.2, 0) is 15.1 Å². The van der Waals surface area contributed by atoms with Crippen molar-refractivity contribution in [1.82, 2.24) is 10.2 Å². The van der Waals surface area contributed by atoms with Gasteiger partial charge in [-0.25, -0.2) is 4.79 Å². The number of nitrogens with one attached hydrogen (secondary N) is 1. The molecule has 1 N–H and O–H groups in total. The highest BCUT2D eigenvalue weighted by Crippen LogP contribution is 2.32. The molecule has 0 bridgehead atoms. The smallest absolute Gasteiger partial charge is 0.319 e. The second kappa shape index (κ2) is 4.84. The Bertz CT molecular complexity index is 527. The summed E-state index contributed by atoms with van der Waals surface area (Å²) in [6.07, 6.45) is 0.440. The van der Waals surface area contributed by atoms with Crippen molar-refractivity contribution >= 4 is 17.7 Å². The van der Waals surface area contributed by atoms with Crippen molar-refractivity contribution < 1.29 is 14.4 Å². The zero-order chi connectivity index (χ0) is 14.0. The van der Waals surface area contributed by atoms with E-state index in [1.54, 1.807) is 12.1 Å². The van der Waals surface area contributed by atoms with E-state index in [4.69, 9.17) is 0 Å². The second-order valence-corrected chi connectivity index (χ2v) is 4.65. The molecule has 1 aliphatic heterocycles. The Morgan fingerprint density at radius 3 is 2.42 bits per heavy atom. The van der Waals surface area contributed by atoms with E-state index in [1.165, 1.54) is 6.92 Å². The predicted octanol–water partition coefficient (Wildman–Crippen LogP) is 1.43. The van der Waals surface area contributed by atoms with Crippen molar-refractivity contribution in [3.8, 4) is 0 Å². The molecule has 2 rings (SSSR count). The molecule has 1 atom stereocenters. The Morgan fingerprint density at radius 1 is 1.26 bits per heavy atom. The second-order valence-electron chi connectivity index (χ2n) is 4.65. The van der Waals surface area contributed by atoms with E-state index in [9.17, 15) is 14.4 Å². The lowest BCUT2D eigenvalue weighted by Crippen LogP contribution is -2.43. The number of hydrogen-bond donors (Lipinski definition) is 1. The lowest BCUT2D eigenvalue weighted by molar-refractivity contribution is -0.134. The first kappa shape index (κ1) is 13.3. The van der Waals surface area contributed by atoms with Crippen molar-refractivity contribution in [3.63, 3.8) is 0 Å². The summed E-state index contributed by atoms with van der Waals surface area (Å²) in [6, 6.07) is 8.59. The summed E-state index contributed by atoms with van der Waals surface area (Å²) in [6.45, 7) is 3.01. The van der Waals surface area contributed by atoms with Crippen LogP contribution < -0.4 is 5.32 Å². The molecule has 0 saturated carbocycles. The number of hydrogen-bond acceptors (Lipinski definition) is 3. The fourth-order valence-corrected chi connectivity index (χ4v) is 2.35. The number of urea groups is 1. The standard InChI is InChI=1S/C14H16N2O3/c1-3-14(11-7-5-4-6-8-11)12(18)16(9-10(2)17)13(19)15-14/h4-8H,3,9H2,1-2H3,(H,15,19)/t14-/m0/s1. The highest BCUT2D eigenvalue weighted by atomic mass is 16.2. The predicted molar refractivity (Wildman–Crippen MR) is 69.3 cm³/mol. The molecule has 5 nitrogen and oxygen atoms in total. The maximum Gasteiger partial charge on any atom is 0.325 e. The van der Waals surface area contributed by atoms with Gasteiger partial charge in [-0.15, -0.1) is 0 Å². The Kier molecular flexibility index (Phi) is 3.38. The largest absolute Gasteiger partial charge is 0.325 e. The molecule has 3 amide bonds. The van der Waals surface area contributed by atoms with Gasteiger partial charge in [0.25, 0.3) is 5.91 Å². The number of amides is 3. The van der Waals surface area contributed by atoms with Gasteiger partial charge in [0, 0.05) is 0 Å². The molecule has 1 aliphatic rings. The van der Waals surface area contributed by atoms with Crippen LogP contribution in [-0.4, -0.2) is 29.2 Å². The van der Waals surface area contributed by atoms with Crippen LogP contribution in [0.25, 0.3) is 0 Å². The Balaban J connectivity index is 2.41. The number of carbonyl (C=O) groups excluding carboxylic acids is 3. The van der Waals surface area contributed by atoms with Crippen molar-refractivity contribution in [3.05, 3.63) is 35.9 Å². The van der Waals surface area contributed by atoms with Gasteiger partial charge in [-0.05, 0) is 18.9 Å². The van der Waals surface area contributed by atoms with Crippen LogP contribution in [0, 0.1) is 0 Å². The van der Waals surface area contributed by atoms with Gasteiger partial charge in [0.2, 0.25) is 0 Å². The first-order valence-corrected chi connectivity index (χ1v) is 6.20. The third-order valence-electron chi connectivity index (χ3n) is 3.35. The van der Waals surface area contributed by atoms with E-state index in [-0.39, 0.29) is 18.2 Å². The van der Waals surface area contributed by atoms with Gasteiger partial charge in [0.1, 0.15) is 11.3 Å². The number of nitrogens with zero attached hydrogens (tertiary/aromatic N) is 1. The quantitative estimate of drug-likeness (QED) is 0.833. The molecule has 5 heteroatoms. The van der Waals surface area contributed by atoms with Gasteiger partial charge in [0.15, 0.2) is 0 Å². The van der Waals surface area contributed by atoms with Gasteiger partial charge in [-0.2, -0.15) is 0 Å². The van der Waals surface area contributed by atoms with E-state index in [0.717, 1.165) is 10.5 Å². The van der Waals surface area contributed by atoms with Crippen LogP contribution >= 0.6 is 0 Å². The van der Waals surface area contributed by atoms with E-state index < -0.39 is 11.6 Å². The molecule has 0 aromatic heterocycles. The van der Waals surface area contributed by atoms with E-state index in [0.29, 0.717) is 6.42 Å². The maximum absolute atomic E-state index is 12.5. The van der Waals surface area contributed by atoms with Crippen LogP contribution in [0.3, 0.4) is 0 Å². The third kappa shape index (κ3) is 2.12. The minimum atomic E-state index is -1.05. The first-order chi connectivity index (χ1) is 9.01. The van der Waals surface area contributed by atoms with E-state index in [2.05, 4.69) is 5.32 Å². The van der Waals surface area contributed by atoms with Gasteiger partial charge >= 0.3 is 6.03 Å². The molecule has 0 aliphatic carbocycles. The van der Waals surface area contributed by atoms with Crippen LogP contribution in [0.2, 0.25) is 0 Å². The molecule has 1 aromatic rings. The summed E-state index contributed by atoms with van der Waals surface area (Å²) < 4.78 is 0. The zero-order valence-electron chi connectivity index (χ0n) is 11.0. The summed E-state index contributed by atoms with van der Waals surface area (Å²) in [5, 5.41) is 2.72. The average Bonchev–Trinajstić information content (AvgIpc) is 2.64. The van der Waals surface area contributed by atoms with Gasteiger partial charge < -0.3 is 5.32 Å². The minimum absolute atomic E-state index is 0.181. The molecule has 0 spiro atoms. The first-order valence-electron chi connectivity index (χ1n) is 6.20. The normalized spacial score (nSPS) is 22.5. The van der Waals surface area contributed by atoms with Crippen molar-refractivity contribution in [2.45, 2.75) is 25.8 Å². The lowest BCUT2D eigenvalue weighted by atomic mass is 9.87. The molecule has 19 heavy (non-hydrogen) atoms. The molecule has 1 aromatic carbocycles. The molecule has 1 fully saturated rings. The molecule has 100 valence electrons. The van der Waals surface area contributed by atoms with Crippen LogP contribution in [0.5, 0.6) is 0 Å². The van der Waals surface area contributed by atoms with Gasteiger partial charge in [-0.1, -0.05) is 37.3 Å². The Morgan fingerprint density at radius 2 is 1.89 bits per heavy atom. The van der Waals surface area contributed by atoms with Crippen molar-refractivity contribution in [2.75, 3.05) is 6.54 Å². The highest BCUT2D eigenvalue weighted by Gasteiger charge is 2.51. The Labute approximate surface area is 111 Å². The number of rotatable bonds is 4.